The molecule has 0 unspecified atom stereocenters. The summed E-state index contributed by atoms with van der Waals surface area (Å²) < 4.78 is 5.73. The summed E-state index contributed by atoms with van der Waals surface area (Å²) in [7, 11) is 0. The normalized spacial score (nSPS) is 24.7. The first-order valence-corrected chi connectivity index (χ1v) is 5.63. The lowest BCUT2D eigenvalue weighted by molar-refractivity contribution is -0.0194. The molecular weight excluding hydrogens is 188 g/mol. The number of hydrogen-bond acceptors (Lipinski definition) is 3. The van der Waals surface area contributed by atoms with Crippen LogP contribution in [0, 0.1) is 11.3 Å². The van der Waals surface area contributed by atoms with Gasteiger partial charge in [0, 0.05) is 11.1 Å². The van der Waals surface area contributed by atoms with Crippen LogP contribution in [0.3, 0.4) is 0 Å². The van der Waals surface area contributed by atoms with E-state index in [2.05, 4.69) is 39.1 Å². The summed E-state index contributed by atoms with van der Waals surface area (Å²) in [6, 6.07) is 2.11. The highest BCUT2D eigenvalue weighted by Gasteiger charge is 2.37. The lowest BCUT2D eigenvalue weighted by Crippen LogP contribution is -2.59. The molecule has 3 heteroatoms. The van der Waals surface area contributed by atoms with E-state index in [0.29, 0.717) is 13.0 Å². The minimum atomic E-state index is 0.124. The molecule has 0 amide bonds. The van der Waals surface area contributed by atoms with E-state index in [9.17, 15) is 0 Å². The summed E-state index contributed by atoms with van der Waals surface area (Å²) >= 11 is 0. The molecule has 0 bridgehead atoms. The van der Waals surface area contributed by atoms with Gasteiger partial charge in [-0.15, -0.1) is 0 Å². The van der Waals surface area contributed by atoms with Gasteiger partial charge in [0.15, 0.2) is 0 Å². The van der Waals surface area contributed by atoms with Crippen molar-refractivity contribution in [2.24, 2.45) is 0 Å². The van der Waals surface area contributed by atoms with E-state index in [-0.39, 0.29) is 17.2 Å². The number of rotatable bonds is 3. The van der Waals surface area contributed by atoms with E-state index >= 15 is 0 Å². The molecule has 0 aromatic carbocycles. The van der Waals surface area contributed by atoms with Crippen LogP contribution in [0.2, 0.25) is 0 Å². The van der Waals surface area contributed by atoms with Crippen molar-refractivity contribution in [2.75, 3.05) is 6.61 Å². The van der Waals surface area contributed by atoms with Gasteiger partial charge in [-0.3, -0.25) is 0 Å². The van der Waals surface area contributed by atoms with Gasteiger partial charge in [-0.25, -0.2) is 0 Å². The third-order valence-electron chi connectivity index (χ3n) is 2.72. The Balaban J connectivity index is 2.49. The van der Waals surface area contributed by atoms with Crippen molar-refractivity contribution in [3.63, 3.8) is 0 Å². The Morgan fingerprint density at radius 2 is 1.80 bits per heavy atom. The molecule has 0 radical (unpaired) electrons. The van der Waals surface area contributed by atoms with E-state index in [1.807, 2.05) is 0 Å². The fraction of sp³-hybridized carbons (Fsp3) is 0.917. The van der Waals surface area contributed by atoms with Crippen LogP contribution >= 0.6 is 0 Å². The maximum absolute atomic E-state index is 8.46. The summed E-state index contributed by atoms with van der Waals surface area (Å²) in [6.45, 7) is 9.37. The molecule has 0 aromatic heterocycles. The quantitative estimate of drug-likeness (QED) is 0.726. The molecule has 0 aromatic rings. The van der Waals surface area contributed by atoms with Crippen LogP contribution in [-0.4, -0.2) is 23.8 Å². The van der Waals surface area contributed by atoms with Gasteiger partial charge >= 0.3 is 0 Å². The second-order valence-corrected chi connectivity index (χ2v) is 5.70. The van der Waals surface area contributed by atoms with Crippen molar-refractivity contribution < 1.29 is 4.74 Å². The van der Waals surface area contributed by atoms with Gasteiger partial charge in [0.2, 0.25) is 0 Å². The summed E-state index contributed by atoms with van der Waals surface area (Å²) in [5.74, 6) is 0. The van der Waals surface area contributed by atoms with Gasteiger partial charge in [-0.05, 0) is 40.5 Å². The van der Waals surface area contributed by atoms with Crippen LogP contribution in [0.25, 0.3) is 0 Å². The number of nitrogens with one attached hydrogen (secondary N) is 1. The van der Waals surface area contributed by atoms with Crippen LogP contribution in [0.1, 0.15) is 47.0 Å². The maximum atomic E-state index is 8.46. The molecule has 1 heterocycles. The van der Waals surface area contributed by atoms with E-state index in [1.165, 1.54) is 0 Å². The number of hydrogen-bond donors (Lipinski definition) is 1. The van der Waals surface area contributed by atoms with Crippen LogP contribution in [-0.2, 0) is 4.74 Å². The molecular formula is C12H22N2O. The lowest BCUT2D eigenvalue weighted by atomic mass is 9.81. The molecule has 0 aliphatic carbocycles. The standard InChI is InChI=1S/C12H22N2O/c1-11(2)8-10(15-7-5-6-13)9-12(3,4)14-11/h10,14H,5,7-9H2,1-4H3. The first kappa shape index (κ1) is 12.5. The van der Waals surface area contributed by atoms with Crippen LogP contribution < -0.4 is 5.32 Å². The van der Waals surface area contributed by atoms with Gasteiger partial charge < -0.3 is 10.1 Å². The monoisotopic (exact) mass is 210 g/mol. The highest BCUT2D eigenvalue weighted by Crippen LogP contribution is 2.30. The molecule has 1 fully saturated rings. The summed E-state index contributed by atoms with van der Waals surface area (Å²) in [6.07, 6.45) is 2.80. The fourth-order valence-electron chi connectivity index (χ4n) is 2.62. The maximum Gasteiger partial charge on any atom is 0.0645 e. The molecule has 1 rings (SSSR count). The Bertz CT molecular complexity index is 237. The van der Waals surface area contributed by atoms with Crippen LogP contribution in [0.5, 0.6) is 0 Å². The number of piperidine rings is 1. The second-order valence-electron chi connectivity index (χ2n) is 5.70. The van der Waals surface area contributed by atoms with Gasteiger partial charge in [-0.2, -0.15) is 5.26 Å². The number of ether oxygens (including phenoxy) is 1. The Kier molecular flexibility index (Phi) is 3.75. The third kappa shape index (κ3) is 4.19. The number of nitriles is 1. The average Bonchev–Trinajstić information content (AvgIpc) is 1.98. The topological polar surface area (TPSA) is 45.0 Å². The van der Waals surface area contributed by atoms with Crippen molar-refractivity contribution in [1.29, 1.82) is 5.26 Å². The van der Waals surface area contributed by atoms with Crippen molar-refractivity contribution >= 4 is 0 Å². The van der Waals surface area contributed by atoms with E-state index < -0.39 is 0 Å². The molecule has 86 valence electrons. The first-order valence-electron chi connectivity index (χ1n) is 5.63. The first-order chi connectivity index (χ1) is 6.85. The van der Waals surface area contributed by atoms with Crippen molar-refractivity contribution in [1.82, 2.24) is 5.32 Å². The number of nitrogens with zero attached hydrogens (tertiary/aromatic N) is 1. The molecule has 3 nitrogen and oxygen atoms in total. The van der Waals surface area contributed by atoms with E-state index in [4.69, 9.17) is 10.00 Å². The van der Waals surface area contributed by atoms with Gasteiger partial charge in [0.1, 0.15) is 0 Å². The van der Waals surface area contributed by atoms with Crippen molar-refractivity contribution in [3.05, 3.63) is 0 Å². The predicted octanol–water partition coefficient (Wildman–Crippen LogP) is 2.23. The minimum Gasteiger partial charge on any atom is -0.377 e. The Labute approximate surface area is 92.8 Å². The fourth-order valence-corrected chi connectivity index (χ4v) is 2.62. The van der Waals surface area contributed by atoms with E-state index in [0.717, 1.165) is 12.8 Å². The second kappa shape index (κ2) is 4.51. The largest absolute Gasteiger partial charge is 0.377 e. The molecule has 15 heavy (non-hydrogen) atoms. The van der Waals surface area contributed by atoms with Crippen LogP contribution in [0.15, 0.2) is 0 Å². The zero-order valence-electron chi connectivity index (χ0n) is 10.3. The van der Waals surface area contributed by atoms with Gasteiger partial charge in [-0.1, -0.05) is 0 Å². The molecule has 0 saturated carbocycles. The summed E-state index contributed by atoms with van der Waals surface area (Å²) in [5.41, 5.74) is 0.248. The zero-order chi connectivity index (χ0) is 11.5. The van der Waals surface area contributed by atoms with Crippen molar-refractivity contribution in [3.8, 4) is 6.07 Å². The molecule has 1 aliphatic rings. The lowest BCUT2D eigenvalue weighted by Gasteiger charge is -2.46. The van der Waals surface area contributed by atoms with E-state index in [1.54, 1.807) is 0 Å². The predicted molar refractivity (Wildman–Crippen MR) is 60.5 cm³/mol. The molecule has 1 aliphatic heterocycles. The summed E-state index contributed by atoms with van der Waals surface area (Å²) in [4.78, 5) is 0. The highest BCUT2D eigenvalue weighted by molar-refractivity contribution is 4.97. The van der Waals surface area contributed by atoms with Gasteiger partial charge in [0.05, 0.1) is 25.2 Å². The molecule has 0 spiro atoms. The Hall–Kier alpha value is -0.590. The Morgan fingerprint density at radius 1 is 1.27 bits per heavy atom. The third-order valence-corrected chi connectivity index (χ3v) is 2.72. The van der Waals surface area contributed by atoms with Crippen molar-refractivity contribution in [2.45, 2.75) is 64.1 Å². The minimum absolute atomic E-state index is 0.124. The van der Waals surface area contributed by atoms with Crippen LogP contribution in [0.4, 0.5) is 0 Å². The Morgan fingerprint density at radius 3 is 2.27 bits per heavy atom. The highest BCUT2D eigenvalue weighted by atomic mass is 16.5. The van der Waals surface area contributed by atoms with Gasteiger partial charge in [0.25, 0.3) is 0 Å². The SMILES string of the molecule is CC1(C)CC(OCCC#N)CC(C)(C)N1. The zero-order valence-corrected chi connectivity index (χ0v) is 10.3. The molecule has 1 N–H and O–H groups in total. The average molecular weight is 210 g/mol. The molecule has 0 atom stereocenters. The smallest absolute Gasteiger partial charge is 0.0645 e. The summed E-state index contributed by atoms with van der Waals surface area (Å²) in [5, 5.41) is 12.1. The molecule has 1 saturated heterocycles.